The lowest BCUT2D eigenvalue weighted by Gasteiger charge is -2.29. The molecule has 1 aromatic heterocycles. The van der Waals surface area contributed by atoms with Crippen LogP contribution in [0.2, 0.25) is 0 Å². The quantitative estimate of drug-likeness (QED) is 0.151. The van der Waals surface area contributed by atoms with Gasteiger partial charge in [0, 0.05) is 46.9 Å². The first-order valence-electron chi connectivity index (χ1n) is 16.2. The maximum absolute atomic E-state index is 13.7. The summed E-state index contributed by atoms with van der Waals surface area (Å²) in [5.74, 6) is 0.241. The number of ether oxygens (including phenoxy) is 2. The van der Waals surface area contributed by atoms with Crippen molar-refractivity contribution in [2.75, 3.05) is 19.7 Å². The van der Waals surface area contributed by atoms with Crippen LogP contribution in [-0.2, 0) is 21.8 Å². The fourth-order valence-corrected chi connectivity index (χ4v) is 7.43. The third-order valence-corrected chi connectivity index (χ3v) is 9.74. The van der Waals surface area contributed by atoms with Crippen LogP contribution in [0.15, 0.2) is 59.5 Å². The van der Waals surface area contributed by atoms with E-state index in [4.69, 9.17) is 9.47 Å². The standard InChI is InChI=1S/C39H46N2O5S/c1-9-45-37(43)35-31-21-34(42)30(29-14-16-40(17-15-29)38(44)46-39(6,7)8)20-32(31)41(22-28-12-10-24(2)11-13-28)33(35)23-47-36-26(4)18-25(3)19-27(36)5/h10-14,18-21,42H,9,15-17,22-23H2,1-8H3. The van der Waals surface area contributed by atoms with E-state index in [0.29, 0.717) is 48.3 Å². The molecule has 0 aliphatic carbocycles. The number of carbonyl (C=O) groups is 2. The Balaban J connectivity index is 1.63. The van der Waals surface area contributed by atoms with Gasteiger partial charge in [-0.3, -0.25) is 0 Å². The highest BCUT2D eigenvalue weighted by atomic mass is 32.2. The number of hydrogen-bond acceptors (Lipinski definition) is 6. The molecule has 3 aromatic carbocycles. The molecule has 2 heterocycles. The highest BCUT2D eigenvalue weighted by Gasteiger charge is 2.28. The average Bonchev–Trinajstić information content (AvgIpc) is 3.28. The zero-order valence-corrected chi connectivity index (χ0v) is 29.6. The van der Waals surface area contributed by atoms with Gasteiger partial charge in [-0.15, -0.1) is 11.8 Å². The molecule has 0 atom stereocenters. The second kappa shape index (κ2) is 13.9. The number of amides is 1. The van der Waals surface area contributed by atoms with Gasteiger partial charge in [0.05, 0.1) is 17.7 Å². The minimum absolute atomic E-state index is 0.0944. The van der Waals surface area contributed by atoms with Crippen LogP contribution in [0.5, 0.6) is 5.75 Å². The van der Waals surface area contributed by atoms with Gasteiger partial charge in [0.1, 0.15) is 11.4 Å². The SMILES string of the molecule is CCOC(=O)c1c(CSc2c(C)cc(C)cc2C)n(Cc2ccc(C)cc2)c2cc(C3=CCN(C(=O)OC(C)(C)C)CC3)c(O)cc12. The first kappa shape index (κ1) is 34.2. The lowest BCUT2D eigenvalue weighted by molar-refractivity contribution is 0.0270. The van der Waals surface area contributed by atoms with E-state index in [1.807, 2.05) is 39.8 Å². The summed E-state index contributed by atoms with van der Waals surface area (Å²) in [6.07, 6.45) is 2.20. The Labute approximate surface area is 282 Å². The third-order valence-electron chi connectivity index (χ3n) is 8.39. The summed E-state index contributed by atoms with van der Waals surface area (Å²) in [7, 11) is 0. The number of phenols is 1. The van der Waals surface area contributed by atoms with Crippen LogP contribution >= 0.6 is 11.8 Å². The van der Waals surface area contributed by atoms with Crippen molar-refractivity contribution in [3.63, 3.8) is 0 Å². The van der Waals surface area contributed by atoms with Crippen LogP contribution < -0.4 is 0 Å². The van der Waals surface area contributed by atoms with E-state index >= 15 is 0 Å². The fraction of sp³-hybridized carbons (Fsp3) is 0.385. The van der Waals surface area contributed by atoms with Gasteiger partial charge in [0.2, 0.25) is 0 Å². The van der Waals surface area contributed by atoms with Crippen molar-refractivity contribution in [1.82, 2.24) is 9.47 Å². The van der Waals surface area contributed by atoms with Crippen LogP contribution in [0.25, 0.3) is 16.5 Å². The Morgan fingerprint density at radius 2 is 1.64 bits per heavy atom. The summed E-state index contributed by atoms with van der Waals surface area (Å²) in [6, 6.07) is 16.5. The molecule has 8 heteroatoms. The number of rotatable bonds is 8. The van der Waals surface area contributed by atoms with Gasteiger partial charge in [0.25, 0.3) is 0 Å². The Morgan fingerprint density at radius 3 is 2.23 bits per heavy atom. The van der Waals surface area contributed by atoms with Crippen LogP contribution in [0.4, 0.5) is 4.79 Å². The molecular formula is C39H46N2O5S. The Hall–Kier alpha value is -4.17. The molecule has 248 valence electrons. The maximum Gasteiger partial charge on any atom is 0.410 e. The van der Waals surface area contributed by atoms with Crippen LogP contribution in [0.1, 0.15) is 83.5 Å². The number of esters is 1. The predicted molar refractivity (Wildman–Crippen MR) is 190 cm³/mol. The van der Waals surface area contributed by atoms with E-state index in [-0.39, 0.29) is 18.4 Å². The highest BCUT2D eigenvalue weighted by molar-refractivity contribution is 7.98. The zero-order chi connectivity index (χ0) is 34.0. The van der Waals surface area contributed by atoms with E-state index in [2.05, 4.69) is 68.7 Å². The number of fused-ring (bicyclic) bond motifs is 1. The Kier molecular flexibility index (Phi) is 10.1. The number of carbonyl (C=O) groups excluding carboxylic acids is 2. The normalized spacial score (nSPS) is 13.5. The largest absolute Gasteiger partial charge is 0.507 e. The van der Waals surface area contributed by atoms with Gasteiger partial charge in [-0.25, -0.2) is 9.59 Å². The van der Waals surface area contributed by atoms with Crippen molar-refractivity contribution in [1.29, 1.82) is 0 Å². The van der Waals surface area contributed by atoms with E-state index in [1.54, 1.807) is 22.7 Å². The summed E-state index contributed by atoms with van der Waals surface area (Å²) < 4.78 is 13.4. The van der Waals surface area contributed by atoms with Crippen molar-refractivity contribution in [2.24, 2.45) is 0 Å². The average molecular weight is 655 g/mol. The first-order valence-corrected chi connectivity index (χ1v) is 17.2. The molecule has 5 rings (SSSR count). The van der Waals surface area contributed by atoms with Crippen LogP contribution in [0, 0.1) is 27.7 Å². The molecule has 1 aliphatic heterocycles. The second-order valence-electron chi connectivity index (χ2n) is 13.4. The number of phenolic OH excluding ortho intramolecular Hbond substituents is 1. The molecule has 0 saturated carbocycles. The zero-order valence-electron chi connectivity index (χ0n) is 28.8. The molecule has 1 amide bonds. The van der Waals surface area contributed by atoms with Crippen molar-refractivity contribution in [2.45, 2.75) is 84.6 Å². The van der Waals surface area contributed by atoms with Gasteiger partial charge >= 0.3 is 12.1 Å². The molecule has 1 aliphatic rings. The summed E-state index contributed by atoms with van der Waals surface area (Å²) in [4.78, 5) is 29.3. The topological polar surface area (TPSA) is 81.0 Å². The van der Waals surface area contributed by atoms with Crippen molar-refractivity contribution >= 4 is 40.3 Å². The lowest BCUT2D eigenvalue weighted by Crippen LogP contribution is -2.39. The fourth-order valence-electron chi connectivity index (χ4n) is 6.27. The molecule has 0 unspecified atom stereocenters. The van der Waals surface area contributed by atoms with Gasteiger partial charge in [-0.2, -0.15) is 0 Å². The number of hydrogen-bond donors (Lipinski definition) is 1. The smallest absolute Gasteiger partial charge is 0.410 e. The molecule has 0 spiro atoms. The summed E-state index contributed by atoms with van der Waals surface area (Å²) in [6.45, 7) is 17.5. The van der Waals surface area contributed by atoms with E-state index < -0.39 is 11.6 Å². The highest BCUT2D eigenvalue weighted by Crippen LogP contribution is 2.40. The molecule has 0 bridgehead atoms. The van der Waals surface area contributed by atoms with E-state index in [9.17, 15) is 14.7 Å². The number of aryl methyl sites for hydroxylation is 4. The van der Waals surface area contributed by atoms with Crippen LogP contribution in [-0.4, -0.2) is 51.9 Å². The molecular weight excluding hydrogens is 609 g/mol. The summed E-state index contributed by atoms with van der Waals surface area (Å²) in [5, 5.41) is 12.1. The molecule has 0 fully saturated rings. The number of aromatic nitrogens is 1. The Morgan fingerprint density at radius 1 is 0.957 bits per heavy atom. The summed E-state index contributed by atoms with van der Waals surface area (Å²) >= 11 is 1.72. The second-order valence-corrected chi connectivity index (χ2v) is 14.4. The molecule has 47 heavy (non-hydrogen) atoms. The molecule has 1 N–H and O–H groups in total. The predicted octanol–water partition coefficient (Wildman–Crippen LogP) is 9.12. The van der Waals surface area contributed by atoms with Gasteiger partial charge in [0.15, 0.2) is 0 Å². The van der Waals surface area contributed by atoms with Gasteiger partial charge < -0.3 is 24.0 Å². The molecule has 7 nitrogen and oxygen atoms in total. The number of nitrogens with zero attached hydrogens (tertiary/aromatic N) is 2. The minimum atomic E-state index is -0.573. The van der Waals surface area contributed by atoms with Gasteiger partial charge in [-0.1, -0.05) is 53.6 Å². The maximum atomic E-state index is 13.7. The lowest BCUT2D eigenvalue weighted by atomic mass is 9.97. The van der Waals surface area contributed by atoms with Crippen LogP contribution in [0.3, 0.4) is 0 Å². The van der Waals surface area contributed by atoms with Crippen molar-refractivity contribution in [3.05, 3.63) is 99.2 Å². The Bertz CT molecular complexity index is 1820. The monoisotopic (exact) mass is 654 g/mol. The van der Waals surface area contributed by atoms with Crippen molar-refractivity contribution < 1.29 is 24.2 Å². The number of benzene rings is 3. The molecule has 0 radical (unpaired) electrons. The van der Waals surface area contributed by atoms with Crippen molar-refractivity contribution in [3.8, 4) is 5.75 Å². The molecule has 0 saturated heterocycles. The van der Waals surface area contributed by atoms with E-state index in [1.165, 1.54) is 27.1 Å². The van der Waals surface area contributed by atoms with E-state index in [0.717, 1.165) is 22.3 Å². The molecule has 4 aromatic rings. The third kappa shape index (κ3) is 7.70. The minimum Gasteiger partial charge on any atom is -0.507 e. The summed E-state index contributed by atoms with van der Waals surface area (Å²) in [5.41, 5.74) is 9.18. The first-order chi connectivity index (χ1) is 22.3. The number of thioether (sulfide) groups is 1. The van der Waals surface area contributed by atoms with Gasteiger partial charge in [-0.05, 0) is 96.2 Å². The number of aromatic hydroxyl groups is 1.